The topological polar surface area (TPSA) is 75.6 Å². The van der Waals surface area contributed by atoms with Gasteiger partial charge in [-0.25, -0.2) is 4.79 Å². The van der Waals surface area contributed by atoms with Gasteiger partial charge in [0.2, 0.25) is 0 Å². The lowest BCUT2D eigenvalue weighted by Crippen LogP contribution is -2.41. The quantitative estimate of drug-likeness (QED) is 0.837. The first-order chi connectivity index (χ1) is 9.76. The lowest BCUT2D eigenvalue weighted by Gasteiger charge is -2.17. The summed E-state index contributed by atoms with van der Waals surface area (Å²) < 4.78 is 4.99. The first kappa shape index (κ1) is 17.6. The lowest BCUT2D eigenvalue weighted by atomic mass is 10.0. The van der Waals surface area contributed by atoms with Gasteiger partial charge in [0.25, 0.3) is 5.91 Å². The minimum atomic E-state index is -1.08. The van der Waals surface area contributed by atoms with Crippen LogP contribution in [0.25, 0.3) is 0 Å². The van der Waals surface area contributed by atoms with E-state index in [1.807, 2.05) is 13.8 Å². The standard InChI is InChI=1S/C14H17Cl2NO4/c1-7(2)4-11(14(19)20)17-13(18)8-5-9(15)12(21-3)10(16)6-8/h5-7,11H,4H2,1-3H3,(H,17,18)(H,19,20). The van der Waals surface area contributed by atoms with Crippen molar-refractivity contribution < 1.29 is 19.4 Å². The Kier molecular flexibility index (Phi) is 6.30. The van der Waals surface area contributed by atoms with Crippen LogP contribution >= 0.6 is 23.2 Å². The van der Waals surface area contributed by atoms with Crippen LogP contribution in [-0.2, 0) is 4.79 Å². The van der Waals surface area contributed by atoms with E-state index in [0.29, 0.717) is 6.42 Å². The summed E-state index contributed by atoms with van der Waals surface area (Å²) in [7, 11) is 1.41. The molecular weight excluding hydrogens is 317 g/mol. The highest BCUT2D eigenvalue weighted by atomic mass is 35.5. The van der Waals surface area contributed by atoms with Gasteiger partial charge < -0.3 is 15.2 Å². The summed E-state index contributed by atoms with van der Waals surface area (Å²) in [5, 5.41) is 12.0. The van der Waals surface area contributed by atoms with E-state index in [9.17, 15) is 9.59 Å². The van der Waals surface area contributed by atoms with E-state index in [1.165, 1.54) is 19.2 Å². The molecule has 116 valence electrons. The van der Waals surface area contributed by atoms with Gasteiger partial charge >= 0.3 is 5.97 Å². The number of hydrogen-bond donors (Lipinski definition) is 2. The third-order valence-corrected chi connectivity index (χ3v) is 3.34. The summed E-state index contributed by atoms with van der Waals surface area (Å²) in [6.07, 6.45) is 0.332. The van der Waals surface area contributed by atoms with E-state index in [4.69, 9.17) is 33.0 Å². The number of hydrogen-bond acceptors (Lipinski definition) is 3. The normalized spacial score (nSPS) is 12.1. The van der Waals surface area contributed by atoms with Gasteiger partial charge in [-0.3, -0.25) is 4.79 Å². The van der Waals surface area contributed by atoms with Gasteiger partial charge in [0.15, 0.2) is 5.75 Å². The summed E-state index contributed by atoms with van der Waals surface area (Å²) in [5.41, 5.74) is 0.181. The third-order valence-electron chi connectivity index (χ3n) is 2.78. The first-order valence-electron chi connectivity index (χ1n) is 6.33. The van der Waals surface area contributed by atoms with Gasteiger partial charge in [-0.15, -0.1) is 0 Å². The maximum Gasteiger partial charge on any atom is 0.326 e. The number of carbonyl (C=O) groups is 2. The smallest absolute Gasteiger partial charge is 0.326 e. The number of benzene rings is 1. The number of carbonyl (C=O) groups excluding carboxylic acids is 1. The lowest BCUT2D eigenvalue weighted by molar-refractivity contribution is -0.139. The van der Waals surface area contributed by atoms with Crippen molar-refractivity contribution in [2.45, 2.75) is 26.3 Å². The Labute approximate surface area is 133 Å². The zero-order valence-electron chi connectivity index (χ0n) is 11.9. The van der Waals surface area contributed by atoms with Gasteiger partial charge in [-0.1, -0.05) is 37.0 Å². The summed E-state index contributed by atoms with van der Waals surface area (Å²) in [5.74, 6) is -1.22. The molecular formula is C14H17Cl2NO4. The number of carboxylic acid groups (broad SMARTS) is 1. The average Bonchev–Trinajstić information content (AvgIpc) is 2.36. The first-order valence-corrected chi connectivity index (χ1v) is 7.08. The van der Waals surface area contributed by atoms with Crippen LogP contribution in [0, 0.1) is 5.92 Å². The monoisotopic (exact) mass is 333 g/mol. The molecule has 1 unspecified atom stereocenters. The fraction of sp³-hybridized carbons (Fsp3) is 0.429. The molecule has 1 aromatic rings. The van der Waals surface area contributed by atoms with Crippen molar-refractivity contribution in [3.05, 3.63) is 27.7 Å². The molecule has 7 heteroatoms. The molecule has 0 saturated heterocycles. The summed E-state index contributed by atoms with van der Waals surface area (Å²) in [6, 6.07) is 1.81. The van der Waals surface area contributed by atoms with Gasteiger partial charge in [-0.2, -0.15) is 0 Å². The molecule has 1 aromatic carbocycles. The molecule has 0 spiro atoms. The van der Waals surface area contributed by atoms with Gasteiger partial charge in [0, 0.05) is 5.56 Å². The maximum absolute atomic E-state index is 12.1. The molecule has 1 amide bonds. The maximum atomic E-state index is 12.1. The van der Waals surface area contributed by atoms with Crippen LogP contribution in [-0.4, -0.2) is 30.1 Å². The molecule has 21 heavy (non-hydrogen) atoms. The molecule has 5 nitrogen and oxygen atoms in total. The number of aliphatic carboxylic acids is 1. The minimum absolute atomic E-state index is 0.134. The number of methoxy groups -OCH3 is 1. The minimum Gasteiger partial charge on any atom is -0.494 e. The van der Waals surface area contributed by atoms with Crippen molar-refractivity contribution in [1.82, 2.24) is 5.32 Å². The van der Waals surface area contributed by atoms with Crippen LogP contribution in [0.4, 0.5) is 0 Å². The van der Waals surface area contributed by atoms with Crippen molar-refractivity contribution in [3.8, 4) is 5.75 Å². The molecule has 1 atom stereocenters. The van der Waals surface area contributed by atoms with E-state index >= 15 is 0 Å². The number of amides is 1. The number of carboxylic acids is 1. The second kappa shape index (κ2) is 7.52. The van der Waals surface area contributed by atoms with E-state index < -0.39 is 17.9 Å². The summed E-state index contributed by atoms with van der Waals surface area (Å²) in [4.78, 5) is 23.3. The molecule has 0 aliphatic rings. The van der Waals surface area contributed by atoms with Crippen LogP contribution in [0.1, 0.15) is 30.6 Å². The van der Waals surface area contributed by atoms with Crippen molar-refractivity contribution in [3.63, 3.8) is 0 Å². The fourth-order valence-electron chi connectivity index (χ4n) is 1.82. The Bertz CT molecular complexity index is 523. The molecule has 0 radical (unpaired) electrons. The molecule has 0 fully saturated rings. The Hall–Kier alpha value is -1.46. The highest BCUT2D eigenvalue weighted by Crippen LogP contribution is 2.33. The van der Waals surface area contributed by atoms with Gasteiger partial charge in [0.1, 0.15) is 6.04 Å². The Morgan fingerprint density at radius 3 is 2.19 bits per heavy atom. The predicted molar refractivity (Wildman–Crippen MR) is 81.4 cm³/mol. The van der Waals surface area contributed by atoms with Crippen LogP contribution in [0.3, 0.4) is 0 Å². The highest BCUT2D eigenvalue weighted by molar-refractivity contribution is 6.37. The molecule has 0 aliphatic heterocycles. The number of halogens is 2. The Morgan fingerprint density at radius 2 is 1.81 bits per heavy atom. The van der Waals surface area contributed by atoms with Gasteiger partial charge in [-0.05, 0) is 24.5 Å². The zero-order valence-corrected chi connectivity index (χ0v) is 13.5. The number of rotatable bonds is 6. The molecule has 0 aliphatic carbocycles. The van der Waals surface area contributed by atoms with Crippen molar-refractivity contribution in [2.24, 2.45) is 5.92 Å². The summed E-state index contributed by atoms with van der Waals surface area (Å²) >= 11 is 11.9. The molecule has 0 saturated carbocycles. The number of ether oxygens (including phenoxy) is 1. The SMILES string of the molecule is COc1c(Cl)cc(C(=O)NC(CC(C)C)C(=O)O)cc1Cl. The van der Waals surface area contributed by atoms with Crippen LogP contribution in [0.5, 0.6) is 5.75 Å². The predicted octanol–water partition coefficient (Wildman–Crippen LogP) is 3.23. The van der Waals surface area contributed by atoms with Crippen LogP contribution in [0.15, 0.2) is 12.1 Å². The van der Waals surface area contributed by atoms with Crippen molar-refractivity contribution in [2.75, 3.05) is 7.11 Å². The second-order valence-corrected chi connectivity index (χ2v) is 5.78. The van der Waals surface area contributed by atoms with Crippen molar-refractivity contribution in [1.29, 1.82) is 0 Å². The molecule has 2 N–H and O–H groups in total. The largest absolute Gasteiger partial charge is 0.494 e. The van der Waals surface area contributed by atoms with E-state index in [1.54, 1.807) is 0 Å². The molecule has 0 bridgehead atoms. The molecule has 0 aromatic heterocycles. The molecule has 1 rings (SSSR count). The fourth-order valence-corrected chi connectivity index (χ4v) is 2.46. The second-order valence-electron chi connectivity index (χ2n) is 4.97. The zero-order chi connectivity index (χ0) is 16.2. The van der Waals surface area contributed by atoms with Crippen LogP contribution in [0.2, 0.25) is 10.0 Å². The Morgan fingerprint density at radius 1 is 1.29 bits per heavy atom. The summed E-state index contributed by atoms with van der Waals surface area (Å²) in [6.45, 7) is 3.76. The van der Waals surface area contributed by atoms with Crippen LogP contribution < -0.4 is 10.1 Å². The molecule has 0 heterocycles. The van der Waals surface area contributed by atoms with E-state index in [2.05, 4.69) is 5.32 Å². The van der Waals surface area contributed by atoms with Gasteiger partial charge in [0.05, 0.1) is 17.2 Å². The average molecular weight is 334 g/mol. The van der Waals surface area contributed by atoms with E-state index in [-0.39, 0.29) is 27.3 Å². The van der Waals surface area contributed by atoms with E-state index in [0.717, 1.165) is 0 Å². The third kappa shape index (κ3) is 4.79. The highest BCUT2D eigenvalue weighted by Gasteiger charge is 2.22. The number of nitrogens with one attached hydrogen (secondary N) is 1. The van der Waals surface area contributed by atoms with Crippen molar-refractivity contribution >= 4 is 35.1 Å². The Balaban J connectivity index is 2.95.